The Balaban J connectivity index is 1.96. The number of nitriles is 1. The van der Waals surface area contributed by atoms with Crippen LogP contribution in [0, 0.1) is 17.2 Å². The highest BCUT2D eigenvalue weighted by Gasteiger charge is 2.29. The van der Waals surface area contributed by atoms with Crippen LogP contribution in [0.25, 0.3) is 0 Å². The summed E-state index contributed by atoms with van der Waals surface area (Å²) >= 11 is 0. The fourth-order valence-electron chi connectivity index (χ4n) is 2.73. The van der Waals surface area contributed by atoms with Crippen molar-refractivity contribution in [1.29, 1.82) is 5.26 Å². The van der Waals surface area contributed by atoms with Crippen molar-refractivity contribution >= 4 is 11.4 Å². The number of nitrogens with one attached hydrogen (secondary N) is 1. The molecule has 0 saturated heterocycles. The van der Waals surface area contributed by atoms with E-state index in [1.165, 1.54) is 0 Å². The zero-order chi connectivity index (χ0) is 16.2. The van der Waals surface area contributed by atoms with Gasteiger partial charge in [-0.3, -0.25) is 4.99 Å². The Bertz CT molecular complexity index is 782. The molecule has 23 heavy (non-hydrogen) atoms. The van der Waals surface area contributed by atoms with E-state index in [4.69, 9.17) is 19.7 Å². The van der Waals surface area contributed by atoms with Crippen LogP contribution in [-0.2, 0) is 9.47 Å². The van der Waals surface area contributed by atoms with Gasteiger partial charge in [0.25, 0.3) is 0 Å². The summed E-state index contributed by atoms with van der Waals surface area (Å²) in [4.78, 5) is 4.71. The van der Waals surface area contributed by atoms with Crippen molar-refractivity contribution in [3.63, 3.8) is 0 Å². The third kappa shape index (κ3) is 2.97. The molecule has 0 amide bonds. The number of nitrogens with zero attached hydrogens (tertiary/aromatic N) is 2. The van der Waals surface area contributed by atoms with Gasteiger partial charge in [0.05, 0.1) is 37.3 Å². The summed E-state index contributed by atoms with van der Waals surface area (Å²) in [6, 6.07) is 9.41. The van der Waals surface area contributed by atoms with Crippen LogP contribution in [0.1, 0.15) is 12.0 Å². The van der Waals surface area contributed by atoms with Crippen LogP contribution in [0.4, 0.5) is 5.69 Å². The number of ether oxygens (including phenoxy) is 2. The van der Waals surface area contributed by atoms with Gasteiger partial charge in [0.2, 0.25) is 0 Å². The largest absolute Gasteiger partial charge is 0.497 e. The molecule has 0 aromatic heterocycles. The van der Waals surface area contributed by atoms with Crippen LogP contribution in [-0.4, -0.2) is 19.9 Å². The number of methoxy groups -OCH3 is 2. The smallest absolute Gasteiger partial charge is 0.158 e. The number of rotatable bonds is 3. The molecule has 0 fully saturated rings. The van der Waals surface area contributed by atoms with E-state index in [1.54, 1.807) is 26.4 Å². The average Bonchev–Trinajstić information content (AvgIpc) is 2.61. The van der Waals surface area contributed by atoms with Gasteiger partial charge in [-0.15, -0.1) is 0 Å². The SMILES string of the molecule is COC1=C(OC)CC2C(=C1)NC=CC2=Nc1cccc(C#N)c1. The minimum atomic E-state index is 0.0830. The topological polar surface area (TPSA) is 66.6 Å². The fourth-order valence-corrected chi connectivity index (χ4v) is 2.73. The summed E-state index contributed by atoms with van der Waals surface area (Å²) in [6.45, 7) is 0. The number of allylic oxidation sites excluding steroid dienone is 4. The molecule has 1 N–H and O–H groups in total. The molecular formula is C18H17N3O2. The van der Waals surface area contributed by atoms with Crippen LogP contribution >= 0.6 is 0 Å². The molecular weight excluding hydrogens is 290 g/mol. The lowest BCUT2D eigenvalue weighted by atomic mass is 9.88. The Morgan fingerprint density at radius 2 is 2.17 bits per heavy atom. The lowest BCUT2D eigenvalue weighted by Crippen LogP contribution is -2.30. The normalized spacial score (nSPS) is 21.2. The van der Waals surface area contributed by atoms with E-state index >= 15 is 0 Å². The molecule has 1 aliphatic carbocycles. The highest BCUT2D eigenvalue weighted by atomic mass is 16.5. The van der Waals surface area contributed by atoms with Gasteiger partial charge in [0.1, 0.15) is 5.76 Å². The van der Waals surface area contributed by atoms with E-state index in [-0.39, 0.29) is 5.92 Å². The van der Waals surface area contributed by atoms with Crippen molar-refractivity contribution < 1.29 is 9.47 Å². The van der Waals surface area contributed by atoms with Crippen LogP contribution in [0.3, 0.4) is 0 Å². The number of aliphatic imine (C=N–C) groups is 1. The minimum absolute atomic E-state index is 0.0830. The molecule has 1 unspecified atom stereocenters. The molecule has 0 bridgehead atoms. The lowest BCUT2D eigenvalue weighted by Gasteiger charge is -2.29. The third-order valence-electron chi connectivity index (χ3n) is 3.89. The highest BCUT2D eigenvalue weighted by molar-refractivity contribution is 6.01. The van der Waals surface area contributed by atoms with E-state index in [2.05, 4.69) is 11.4 Å². The molecule has 1 atom stereocenters. The van der Waals surface area contributed by atoms with Crippen LogP contribution in [0.15, 0.2) is 64.8 Å². The Morgan fingerprint density at radius 3 is 2.91 bits per heavy atom. The van der Waals surface area contributed by atoms with Crippen molar-refractivity contribution in [2.45, 2.75) is 6.42 Å². The van der Waals surface area contributed by atoms with Gasteiger partial charge in [0, 0.05) is 30.3 Å². The third-order valence-corrected chi connectivity index (χ3v) is 3.89. The highest BCUT2D eigenvalue weighted by Crippen LogP contribution is 2.33. The Labute approximate surface area is 135 Å². The molecule has 1 aromatic carbocycles. The molecule has 5 nitrogen and oxygen atoms in total. The van der Waals surface area contributed by atoms with Crippen molar-refractivity contribution in [2.24, 2.45) is 10.9 Å². The quantitative estimate of drug-likeness (QED) is 0.931. The summed E-state index contributed by atoms with van der Waals surface area (Å²) in [6.07, 6.45) is 6.43. The Kier molecular flexibility index (Phi) is 4.15. The second-order valence-electron chi connectivity index (χ2n) is 5.23. The second-order valence-corrected chi connectivity index (χ2v) is 5.23. The van der Waals surface area contributed by atoms with Crippen LogP contribution < -0.4 is 5.32 Å². The van der Waals surface area contributed by atoms with E-state index in [0.717, 1.165) is 28.6 Å². The molecule has 116 valence electrons. The van der Waals surface area contributed by atoms with Gasteiger partial charge in [0.15, 0.2) is 5.76 Å². The van der Waals surface area contributed by atoms with Gasteiger partial charge in [-0.25, -0.2) is 0 Å². The molecule has 1 aliphatic heterocycles. The maximum absolute atomic E-state index is 9.01. The van der Waals surface area contributed by atoms with Crippen molar-refractivity contribution in [2.75, 3.05) is 14.2 Å². The second kappa shape index (κ2) is 6.41. The molecule has 2 aliphatic rings. The zero-order valence-electron chi connectivity index (χ0n) is 13.0. The summed E-state index contributed by atoms with van der Waals surface area (Å²) in [5.74, 6) is 1.61. The molecule has 5 heteroatoms. The lowest BCUT2D eigenvalue weighted by molar-refractivity contribution is 0.212. The van der Waals surface area contributed by atoms with Gasteiger partial charge in [-0.05, 0) is 24.3 Å². The summed E-state index contributed by atoms with van der Waals surface area (Å²) in [5, 5.41) is 12.3. The predicted octanol–water partition coefficient (Wildman–Crippen LogP) is 3.16. The predicted molar refractivity (Wildman–Crippen MR) is 87.8 cm³/mol. The summed E-state index contributed by atoms with van der Waals surface area (Å²) in [5.41, 5.74) is 3.32. The standard InChI is InChI=1S/C18H17N3O2/c1-22-17-9-14-15(6-7-20-16(14)10-18(17)23-2)21-13-5-3-4-12(8-13)11-19/h3-8,10,14,20H,9H2,1-2H3. The number of benzene rings is 1. The Morgan fingerprint density at radius 1 is 1.30 bits per heavy atom. The zero-order valence-corrected chi connectivity index (χ0v) is 13.0. The first-order valence-electron chi connectivity index (χ1n) is 7.29. The number of fused-ring (bicyclic) bond motifs is 1. The van der Waals surface area contributed by atoms with Gasteiger partial charge in [-0.1, -0.05) is 6.07 Å². The molecule has 1 heterocycles. The van der Waals surface area contributed by atoms with E-state index in [0.29, 0.717) is 12.0 Å². The maximum Gasteiger partial charge on any atom is 0.158 e. The van der Waals surface area contributed by atoms with Crippen LogP contribution in [0.2, 0.25) is 0 Å². The van der Waals surface area contributed by atoms with Gasteiger partial charge in [-0.2, -0.15) is 5.26 Å². The van der Waals surface area contributed by atoms with E-state index in [1.807, 2.05) is 30.5 Å². The van der Waals surface area contributed by atoms with E-state index in [9.17, 15) is 0 Å². The first kappa shape index (κ1) is 14.9. The number of hydrogen-bond donors (Lipinski definition) is 1. The van der Waals surface area contributed by atoms with Crippen molar-refractivity contribution in [3.05, 3.63) is 65.4 Å². The van der Waals surface area contributed by atoms with Crippen molar-refractivity contribution in [1.82, 2.24) is 5.32 Å². The number of hydrogen-bond acceptors (Lipinski definition) is 5. The van der Waals surface area contributed by atoms with Gasteiger partial charge < -0.3 is 14.8 Å². The molecule has 1 aromatic rings. The Hall–Kier alpha value is -3.00. The molecule has 0 spiro atoms. The minimum Gasteiger partial charge on any atom is -0.497 e. The van der Waals surface area contributed by atoms with Gasteiger partial charge >= 0.3 is 0 Å². The van der Waals surface area contributed by atoms with E-state index < -0.39 is 0 Å². The maximum atomic E-state index is 9.01. The first-order chi connectivity index (χ1) is 11.2. The summed E-state index contributed by atoms with van der Waals surface area (Å²) in [7, 11) is 3.28. The molecule has 0 saturated carbocycles. The van der Waals surface area contributed by atoms with Crippen molar-refractivity contribution in [3.8, 4) is 6.07 Å². The van der Waals surface area contributed by atoms with Crippen LogP contribution in [0.5, 0.6) is 0 Å². The first-order valence-corrected chi connectivity index (χ1v) is 7.29. The monoisotopic (exact) mass is 307 g/mol. The molecule has 0 radical (unpaired) electrons. The fraction of sp³-hybridized carbons (Fsp3) is 0.222. The molecule has 3 rings (SSSR count). The summed E-state index contributed by atoms with van der Waals surface area (Å²) < 4.78 is 10.8. The average molecular weight is 307 g/mol.